The van der Waals surface area contributed by atoms with E-state index in [1.54, 1.807) is 0 Å². The molecule has 0 heterocycles. The number of benzene rings is 5. The van der Waals surface area contributed by atoms with Crippen molar-refractivity contribution in [3.63, 3.8) is 0 Å². The van der Waals surface area contributed by atoms with Crippen LogP contribution in [0.3, 0.4) is 0 Å². The van der Waals surface area contributed by atoms with Gasteiger partial charge >= 0.3 is 0 Å². The Morgan fingerprint density at radius 1 is 0.444 bits per heavy atom. The fourth-order valence-electron chi connectivity index (χ4n) is 3.81. The zero-order chi connectivity index (χ0) is 18.2. The van der Waals surface area contributed by atoms with Crippen LogP contribution in [0.25, 0.3) is 43.8 Å². The molecular formula is C26H17Br. The second kappa shape index (κ2) is 6.68. The highest BCUT2D eigenvalue weighted by molar-refractivity contribution is 9.10. The lowest BCUT2D eigenvalue weighted by molar-refractivity contribution is 1.62. The van der Waals surface area contributed by atoms with Crippen LogP contribution in [0.4, 0.5) is 0 Å². The van der Waals surface area contributed by atoms with Gasteiger partial charge in [-0.3, -0.25) is 0 Å². The maximum absolute atomic E-state index is 3.61. The summed E-state index contributed by atoms with van der Waals surface area (Å²) in [6.07, 6.45) is 0. The molecule has 0 radical (unpaired) electrons. The predicted octanol–water partition coefficient (Wildman–Crippen LogP) is 8.09. The van der Waals surface area contributed by atoms with Crippen molar-refractivity contribution >= 4 is 37.5 Å². The van der Waals surface area contributed by atoms with E-state index < -0.39 is 0 Å². The molecule has 0 saturated heterocycles. The van der Waals surface area contributed by atoms with Gasteiger partial charge in [0.25, 0.3) is 0 Å². The fourth-order valence-corrected chi connectivity index (χ4v) is 4.21. The van der Waals surface area contributed by atoms with Gasteiger partial charge in [0, 0.05) is 4.47 Å². The number of fused-ring (bicyclic) bond motifs is 3. The maximum Gasteiger partial charge on any atom is 0.0181 e. The number of halogens is 1. The van der Waals surface area contributed by atoms with Crippen molar-refractivity contribution in [2.24, 2.45) is 0 Å². The summed E-state index contributed by atoms with van der Waals surface area (Å²) in [5, 5.41) is 5.14. The van der Waals surface area contributed by atoms with Crippen LogP contribution in [-0.2, 0) is 0 Å². The molecule has 0 aliphatic heterocycles. The third-order valence-electron chi connectivity index (χ3n) is 5.10. The molecule has 0 unspecified atom stereocenters. The first-order valence-corrected chi connectivity index (χ1v) is 9.86. The third kappa shape index (κ3) is 2.94. The topological polar surface area (TPSA) is 0 Å². The number of rotatable bonds is 2. The summed E-state index contributed by atoms with van der Waals surface area (Å²) in [5.41, 5.74) is 5.00. The van der Waals surface area contributed by atoms with E-state index in [0.29, 0.717) is 0 Å². The fraction of sp³-hybridized carbons (Fsp3) is 0. The van der Waals surface area contributed by atoms with Gasteiger partial charge < -0.3 is 0 Å². The number of hydrogen-bond donors (Lipinski definition) is 0. The SMILES string of the molecule is Brc1cccc(-c2cc3ccc(-c4ccccc4)cc3c3ccccc23)c1. The van der Waals surface area contributed by atoms with E-state index in [-0.39, 0.29) is 0 Å². The Kier molecular flexibility index (Phi) is 4.03. The van der Waals surface area contributed by atoms with Gasteiger partial charge in [0.2, 0.25) is 0 Å². The summed E-state index contributed by atoms with van der Waals surface area (Å²) < 4.78 is 1.10. The summed E-state index contributed by atoms with van der Waals surface area (Å²) in [5.74, 6) is 0. The van der Waals surface area contributed by atoms with E-state index >= 15 is 0 Å². The minimum atomic E-state index is 1.10. The first-order chi connectivity index (χ1) is 13.3. The molecule has 0 atom stereocenters. The van der Waals surface area contributed by atoms with Crippen molar-refractivity contribution in [2.75, 3.05) is 0 Å². The predicted molar refractivity (Wildman–Crippen MR) is 120 cm³/mol. The van der Waals surface area contributed by atoms with E-state index in [9.17, 15) is 0 Å². The summed E-state index contributed by atoms with van der Waals surface area (Å²) in [6, 6.07) is 36.9. The molecule has 1 heteroatoms. The van der Waals surface area contributed by atoms with Crippen molar-refractivity contribution in [1.82, 2.24) is 0 Å². The van der Waals surface area contributed by atoms with Crippen molar-refractivity contribution in [3.05, 3.63) is 108 Å². The van der Waals surface area contributed by atoms with Crippen LogP contribution < -0.4 is 0 Å². The lowest BCUT2D eigenvalue weighted by atomic mass is 9.91. The Morgan fingerprint density at radius 3 is 2.00 bits per heavy atom. The van der Waals surface area contributed by atoms with Crippen molar-refractivity contribution in [2.45, 2.75) is 0 Å². The molecule has 0 aromatic heterocycles. The molecular weight excluding hydrogens is 392 g/mol. The van der Waals surface area contributed by atoms with E-state index in [1.165, 1.54) is 43.8 Å². The smallest absolute Gasteiger partial charge is 0.0181 e. The average molecular weight is 409 g/mol. The van der Waals surface area contributed by atoms with Crippen molar-refractivity contribution in [3.8, 4) is 22.3 Å². The Labute approximate surface area is 167 Å². The van der Waals surface area contributed by atoms with Gasteiger partial charge in [-0.05, 0) is 68.1 Å². The van der Waals surface area contributed by atoms with Crippen LogP contribution in [0, 0.1) is 0 Å². The highest BCUT2D eigenvalue weighted by atomic mass is 79.9. The lowest BCUT2D eigenvalue weighted by Gasteiger charge is -2.13. The van der Waals surface area contributed by atoms with E-state index in [4.69, 9.17) is 0 Å². The molecule has 0 aliphatic carbocycles. The van der Waals surface area contributed by atoms with Gasteiger partial charge in [0.05, 0.1) is 0 Å². The highest BCUT2D eigenvalue weighted by Gasteiger charge is 2.10. The van der Waals surface area contributed by atoms with Crippen LogP contribution in [-0.4, -0.2) is 0 Å². The van der Waals surface area contributed by atoms with Crippen molar-refractivity contribution in [1.29, 1.82) is 0 Å². The molecule has 5 aromatic carbocycles. The van der Waals surface area contributed by atoms with Gasteiger partial charge in [-0.2, -0.15) is 0 Å². The summed E-state index contributed by atoms with van der Waals surface area (Å²) >= 11 is 3.61. The van der Waals surface area contributed by atoms with Crippen LogP contribution in [0.5, 0.6) is 0 Å². The molecule has 0 spiro atoms. The first kappa shape index (κ1) is 16.3. The van der Waals surface area contributed by atoms with Gasteiger partial charge in [-0.25, -0.2) is 0 Å². The zero-order valence-corrected chi connectivity index (χ0v) is 16.3. The second-order valence-corrected chi connectivity index (χ2v) is 7.70. The highest BCUT2D eigenvalue weighted by Crippen LogP contribution is 2.37. The van der Waals surface area contributed by atoms with Gasteiger partial charge in [-0.1, -0.05) is 94.8 Å². The molecule has 5 aromatic rings. The summed E-state index contributed by atoms with van der Waals surface area (Å²) in [6.45, 7) is 0. The van der Waals surface area contributed by atoms with Crippen LogP contribution in [0.1, 0.15) is 0 Å². The molecule has 0 fully saturated rings. The molecule has 0 saturated carbocycles. The first-order valence-electron chi connectivity index (χ1n) is 9.06. The zero-order valence-electron chi connectivity index (χ0n) is 14.7. The minimum absolute atomic E-state index is 1.10. The normalized spacial score (nSPS) is 11.1. The number of hydrogen-bond acceptors (Lipinski definition) is 0. The largest absolute Gasteiger partial charge is 0.0622 e. The maximum atomic E-state index is 3.61. The second-order valence-electron chi connectivity index (χ2n) is 6.78. The van der Waals surface area contributed by atoms with Gasteiger partial charge in [-0.15, -0.1) is 0 Å². The molecule has 0 N–H and O–H groups in total. The van der Waals surface area contributed by atoms with Crippen LogP contribution >= 0.6 is 15.9 Å². The molecule has 0 bridgehead atoms. The molecule has 128 valence electrons. The standard InChI is InChI=1S/C26H17Br/c27-22-10-6-9-20(15-22)26-17-21-14-13-19(18-7-2-1-3-8-18)16-25(21)23-11-4-5-12-24(23)26/h1-17H. The molecule has 5 rings (SSSR count). The molecule has 0 amide bonds. The van der Waals surface area contributed by atoms with Crippen LogP contribution in [0.2, 0.25) is 0 Å². The molecule has 27 heavy (non-hydrogen) atoms. The Hall–Kier alpha value is -2.90. The van der Waals surface area contributed by atoms with Gasteiger partial charge in [0.15, 0.2) is 0 Å². The molecule has 0 nitrogen and oxygen atoms in total. The third-order valence-corrected chi connectivity index (χ3v) is 5.60. The Morgan fingerprint density at radius 2 is 1.19 bits per heavy atom. The average Bonchev–Trinajstić information content (AvgIpc) is 2.73. The Balaban J connectivity index is 1.82. The van der Waals surface area contributed by atoms with Crippen molar-refractivity contribution < 1.29 is 0 Å². The summed E-state index contributed by atoms with van der Waals surface area (Å²) in [7, 11) is 0. The summed E-state index contributed by atoms with van der Waals surface area (Å²) in [4.78, 5) is 0. The minimum Gasteiger partial charge on any atom is -0.0622 e. The Bertz CT molecular complexity index is 1270. The monoisotopic (exact) mass is 408 g/mol. The van der Waals surface area contributed by atoms with E-state index in [0.717, 1.165) is 4.47 Å². The van der Waals surface area contributed by atoms with Crippen LogP contribution in [0.15, 0.2) is 108 Å². The van der Waals surface area contributed by atoms with E-state index in [1.807, 2.05) is 0 Å². The molecule has 0 aliphatic rings. The quantitative estimate of drug-likeness (QED) is 0.259. The van der Waals surface area contributed by atoms with E-state index in [2.05, 4.69) is 119 Å². The lowest BCUT2D eigenvalue weighted by Crippen LogP contribution is -1.86. The van der Waals surface area contributed by atoms with Gasteiger partial charge in [0.1, 0.15) is 0 Å².